The number of hydrogen-bond donors (Lipinski definition) is 0. The van der Waals surface area contributed by atoms with Crippen LogP contribution in [0, 0.1) is 0 Å². The van der Waals surface area contributed by atoms with Crippen LogP contribution in [-0.4, -0.2) is 0 Å². The molecule has 4 nitrogen and oxygen atoms in total. The molecule has 0 fully saturated rings. The first-order valence-corrected chi connectivity index (χ1v) is 34.2. The molecule has 0 aliphatic heterocycles. The van der Waals surface area contributed by atoms with Crippen LogP contribution in [0.1, 0.15) is 0 Å². The molecule has 0 bridgehead atoms. The van der Waals surface area contributed by atoms with Crippen LogP contribution in [0.15, 0.2) is 357 Å². The Labute approximate surface area is 573 Å². The van der Waals surface area contributed by atoms with Crippen LogP contribution in [0.2, 0.25) is 0 Å². The van der Waals surface area contributed by atoms with Crippen LogP contribution < -0.4 is 0 Å². The van der Waals surface area contributed by atoms with Crippen molar-refractivity contribution in [3.05, 3.63) is 340 Å². The summed E-state index contributed by atoms with van der Waals surface area (Å²) in [6.45, 7) is 0. The van der Waals surface area contributed by atoms with Gasteiger partial charge in [-0.3, -0.25) is 0 Å². The van der Waals surface area contributed by atoms with E-state index in [9.17, 15) is 0 Å². The van der Waals surface area contributed by atoms with E-state index < -0.39 is 0 Å². The van der Waals surface area contributed by atoms with E-state index in [0.29, 0.717) is 0 Å². The fourth-order valence-electron chi connectivity index (χ4n) is 16.3. The van der Waals surface area contributed by atoms with E-state index in [2.05, 4.69) is 303 Å². The number of rotatable bonds is 6. The van der Waals surface area contributed by atoms with Gasteiger partial charge < -0.3 is 17.7 Å². The Balaban J connectivity index is 0.000000131. The summed E-state index contributed by atoms with van der Waals surface area (Å²) in [5.41, 5.74) is 21.2. The summed E-state index contributed by atoms with van der Waals surface area (Å²) in [4.78, 5) is 0. The summed E-state index contributed by atoms with van der Waals surface area (Å²) in [6, 6.07) is 122. The third kappa shape index (κ3) is 8.74. The Bertz CT molecular complexity index is 6830. The molecule has 0 spiro atoms. The molecule has 0 aliphatic carbocycles. The summed E-state index contributed by atoms with van der Waals surface area (Å²) in [6.07, 6.45) is 0. The van der Waals surface area contributed by atoms with E-state index >= 15 is 0 Å². The van der Waals surface area contributed by atoms with Crippen LogP contribution in [0.4, 0.5) is 0 Å². The third-order valence-electron chi connectivity index (χ3n) is 20.9. The van der Waals surface area contributed by atoms with Gasteiger partial charge in [0.25, 0.3) is 0 Å². The summed E-state index contributed by atoms with van der Waals surface area (Å²) in [5.74, 6) is 0. The topological polar surface area (TPSA) is 52.6 Å². The predicted octanol–water partition coefficient (Wildman–Crippen LogP) is 27.9. The van der Waals surface area contributed by atoms with Gasteiger partial charge in [0.15, 0.2) is 0 Å². The van der Waals surface area contributed by atoms with Gasteiger partial charge in [0.2, 0.25) is 0 Å². The van der Waals surface area contributed by atoms with Gasteiger partial charge in [-0.05, 0) is 193 Å². The van der Waals surface area contributed by atoms with Crippen molar-refractivity contribution in [3.63, 3.8) is 0 Å². The van der Waals surface area contributed by atoms with Gasteiger partial charge in [-0.2, -0.15) is 0 Å². The van der Waals surface area contributed by atoms with Gasteiger partial charge in [0.05, 0.1) is 0 Å². The SMILES string of the molecule is c1ccc2cc(-c3c4cccc(-c5ccc6c(c5)oc5ccccc56)c4cc4c(-c5ccc6c(c5)oc5ccccc56)cccc34)ccc2c1.c1ccc2cc(-c3c4cccc(-c5cccc6c5oc5ccccc56)c4cc4c(-c5cccc6c5oc5ccccc56)cccc34)ccc2c1. The summed E-state index contributed by atoms with van der Waals surface area (Å²) in [5, 5.41) is 23.6. The van der Waals surface area contributed by atoms with E-state index in [0.717, 1.165) is 121 Å². The molecule has 4 heterocycles. The molecule has 0 N–H and O–H groups in total. The minimum absolute atomic E-state index is 0.899. The molecule has 0 unspecified atom stereocenters. The molecule has 0 amide bonds. The van der Waals surface area contributed by atoms with E-state index in [-0.39, 0.29) is 0 Å². The van der Waals surface area contributed by atoms with Crippen LogP contribution in [-0.2, 0) is 0 Å². The minimum Gasteiger partial charge on any atom is -0.456 e. The van der Waals surface area contributed by atoms with Gasteiger partial charge >= 0.3 is 0 Å². The molecule has 4 heteroatoms. The second-order valence-corrected chi connectivity index (χ2v) is 26.4. The van der Waals surface area contributed by atoms with Crippen molar-refractivity contribution in [2.75, 3.05) is 0 Å². The lowest BCUT2D eigenvalue weighted by atomic mass is 9.85. The molecule has 100 heavy (non-hydrogen) atoms. The Morgan fingerprint density at radius 3 is 0.840 bits per heavy atom. The van der Waals surface area contributed by atoms with E-state index in [1.54, 1.807) is 0 Å². The standard InChI is InChI=1S/2C48H28O2/c1-2-12-30-27-31(26-25-29(30)11-1)46-36-17-7-15-32(38-19-9-21-40-34-13-3-5-23-44(34)49-47(38)40)42(36)28-43-33(16-8-18-37(43)46)39-20-10-22-41-35-14-4-6-24-45(35)50-48(39)41;1-2-10-30-25-33(20-19-29(30)9-1)48-40-15-7-13-34(31-21-23-38-36-11-3-5-17-44(36)49-46(38)26-31)42(40)28-43-35(14-8-16-41(43)48)32-22-24-39-37-12-4-6-18-45(37)50-47(39)27-32/h2*1-28H. The maximum atomic E-state index is 6.60. The molecule has 0 atom stereocenters. The lowest BCUT2D eigenvalue weighted by Gasteiger charge is -2.18. The Kier molecular flexibility index (Phi) is 12.4. The van der Waals surface area contributed by atoms with Crippen LogP contribution >= 0.6 is 0 Å². The number of benzene rings is 18. The first-order chi connectivity index (χ1) is 49.6. The zero-order valence-electron chi connectivity index (χ0n) is 54.0. The predicted molar refractivity (Wildman–Crippen MR) is 420 cm³/mol. The van der Waals surface area contributed by atoms with Crippen molar-refractivity contribution in [2.24, 2.45) is 0 Å². The first kappa shape index (κ1) is 55.9. The number of hydrogen-bond acceptors (Lipinski definition) is 4. The van der Waals surface area contributed by atoms with Crippen molar-refractivity contribution >= 4 is 152 Å². The zero-order valence-corrected chi connectivity index (χ0v) is 54.0. The average molecular weight is 1270 g/mol. The molecule has 0 saturated heterocycles. The summed E-state index contributed by atoms with van der Waals surface area (Å²) in [7, 11) is 0. The molecule has 0 saturated carbocycles. The van der Waals surface area contributed by atoms with Crippen molar-refractivity contribution in [1.82, 2.24) is 0 Å². The average Bonchev–Trinajstić information content (AvgIpc) is 0.760. The smallest absolute Gasteiger partial charge is 0.143 e. The second-order valence-electron chi connectivity index (χ2n) is 26.4. The van der Waals surface area contributed by atoms with Crippen molar-refractivity contribution in [3.8, 4) is 66.8 Å². The zero-order chi connectivity index (χ0) is 65.5. The van der Waals surface area contributed by atoms with Crippen molar-refractivity contribution < 1.29 is 17.7 Å². The number of fused-ring (bicyclic) bond motifs is 18. The van der Waals surface area contributed by atoms with Crippen LogP contribution in [0.3, 0.4) is 0 Å². The van der Waals surface area contributed by atoms with E-state index in [1.165, 1.54) is 98.0 Å². The molecule has 22 aromatic rings. The molecular weight excluding hydrogens is 1220 g/mol. The highest BCUT2D eigenvalue weighted by atomic mass is 16.3. The Hall–Kier alpha value is -13.3. The second kappa shape index (κ2) is 22.1. The molecule has 4 aromatic heterocycles. The quantitative estimate of drug-likeness (QED) is 0.156. The molecule has 22 rings (SSSR count). The third-order valence-corrected chi connectivity index (χ3v) is 20.9. The highest BCUT2D eigenvalue weighted by Gasteiger charge is 2.23. The molecule has 0 aliphatic rings. The maximum absolute atomic E-state index is 6.60. The molecule has 464 valence electrons. The normalized spacial score (nSPS) is 12.0. The van der Waals surface area contributed by atoms with Gasteiger partial charge in [0.1, 0.15) is 44.7 Å². The Morgan fingerprint density at radius 2 is 0.430 bits per heavy atom. The monoisotopic (exact) mass is 1270 g/mol. The lowest BCUT2D eigenvalue weighted by Crippen LogP contribution is -1.91. The lowest BCUT2D eigenvalue weighted by molar-refractivity contribution is 0.668. The van der Waals surface area contributed by atoms with Gasteiger partial charge in [0, 0.05) is 54.2 Å². The van der Waals surface area contributed by atoms with Gasteiger partial charge in [-0.1, -0.05) is 267 Å². The number of para-hydroxylation sites is 6. The van der Waals surface area contributed by atoms with E-state index in [1.807, 2.05) is 36.4 Å². The van der Waals surface area contributed by atoms with Gasteiger partial charge in [-0.15, -0.1) is 0 Å². The van der Waals surface area contributed by atoms with Crippen molar-refractivity contribution in [1.29, 1.82) is 0 Å². The molecule has 0 radical (unpaired) electrons. The maximum Gasteiger partial charge on any atom is 0.143 e. The van der Waals surface area contributed by atoms with E-state index in [4.69, 9.17) is 17.7 Å². The first-order valence-electron chi connectivity index (χ1n) is 34.2. The largest absolute Gasteiger partial charge is 0.456 e. The molecular formula is C96H56O4. The fraction of sp³-hybridized carbons (Fsp3) is 0. The Morgan fingerprint density at radius 1 is 0.140 bits per heavy atom. The highest BCUT2D eigenvalue weighted by Crippen LogP contribution is 2.49. The summed E-state index contributed by atoms with van der Waals surface area (Å²) >= 11 is 0. The highest BCUT2D eigenvalue weighted by molar-refractivity contribution is 6.24. The van der Waals surface area contributed by atoms with Crippen LogP contribution in [0.25, 0.3) is 219 Å². The van der Waals surface area contributed by atoms with Gasteiger partial charge in [-0.25, -0.2) is 0 Å². The molecule has 18 aromatic carbocycles. The minimum atomic E-state index is 0.899. The fourth-order valence-corrected chi connectivity index (χ4v) is 16.3. The van der Waals surface area contributed by atoms with Crippen LogP contribution in [0.5, 0.6) is 0 Å². The number of furan rings is 4. The van der Waals surface area contributed by atoms with Crippen molar-refractivity contribution in [2.45, 2.75) is 0 Å². The summed E-state index contributed by atoms with van der Waals surface area (Å²) < 4.78 is 25.9.